The van der Waals surface area contributed by atoms with Crippen LogP contribution in [0.4, 0.5) is 10.6 Å². The second-order valence-electron chi connectivity index (χ2n) is 15.5. The molecule has 0 bridgehead atoms. The van der Waals surface area contributed by atoms with E-state index in [2.05, 4.69) is 15.4 Å². The van der Waals surface area contributed by atoms with Crippen molar-refractivity contribution in [2.24, 2.45) is 5.92 Å². The largest absolute Gasteiger partial charge is 0.497 e. The van der Waals surface area contributed by atoms with E-state index in [0.29, 0.717) is 42.8 Å². The highest BCUT2D eigenvalue weighted by Gasteiger charge is 2.62. The predicted octanol–water partition coefficient (Wildman–Crippen LogP) is 2.40. The van der Waals surface area contributed by atoms with Crippen LogP contribution in [0, 0.1) is 5.92 Å². The topological polar surface area (TPSA) is 195 Å². The van der Waals surface area contributed by atoms with E-state index in [1.54, 1.807) is 40.0 Å². The lowest BCUT2D eigenvalue weighted by atomic mass is 10.1. The SMILES string of the molecule is COc1ccc2c(OC3C[C@H]4C(=O)N[C@]5(C(=O)NS(=O)(=O)C6CC6)C[C@H]5C=CCCOCC[C@H](NC(=O)OC(C)(C)C)C(=O)N4C3)nc(N(C)C)cc2c1. The molecule has 2 aromatic rings. The molecule has 2 aliphatic heterocycles. The molecule has 5 atom stereocenters. The van der Waals surface area contributed by atoms with Crippen molar-refractivity contribution in [2.75, 3.05) is 45.9 Å². The Balaban J connectivity index is 1.34. The molecule has 3 heterocycles. The van der Waals surface area contributed by atoms with Gasteiger partial charge >= 0.3 is 6.09 Å². The number of fused-ring (bicyclic) bond motifs is 3. The van der Waals surface area contributed by atoms with Crippen molar-refractivity contribution in [2.45, 2.75) is 93.9 Å². The number of methoxy groups -OCH3 is 1. The van der Waals surface area contributed by atoms with Crippen molar-refractivity contribution in [3.63, 3.8) is 0 Å². The molecular formula is C37H50N6O10S. The fourth-order valence-electron chi connectivity index (χ4n) is 6.76. The van der Waals surface area contributed by atoms with E-state index in [4.69, 9.17) is 23.9 Å². The molecule has 2 aliphatic carbocycles. The number of hydrogen-bond acceptors (Lipinski definition) is 12. The summed E-state index contributed by atoms with van der Waals surface area (Å²) in [5.74, 6) is -1.01. The maximum absolute atomic E-state index is 14.5. The van der Waals surface area contributed by atoms with Crippen LogP contribution < -0.4 is 29.7 Å². The number of alkyl carbamates (subject to hydrolysis) is 1. The molecular weight excluding hydrogens is 721 g/mol. The lowest BCUT2D eigenvalue weighted by Crippen LogP contribution is -2.58. The Bertz CT molecular complexity index is 1930. The number of benzene rings is 1. The van der Waals surface area contributed by atoms with Gasteiger partial charge in [0.1, 0.15) is 40.9 Å². The van der Waals surface area contributed by atoms with Crippen LogP contribution in [-0.2, 0) is 33.9 Å². The number of aromatic nitrogens is 1. The van der Waals surface area contributed by atoms with E-state index >= 15 is 0 Å². The fourth-order valence-corrected chi connectivity index (χ4v) is 8.12. The number of amides is 4. The Kier molecular flexibility index (Phi) is 11.0. The molecule has 17 heteroatoms. The summed E-state index contributed by atoms with van der Waals surface area (Å²) in [5, 5.41) is 6.36. The lowest BCUT2D eigenvalue weighted by Gasteiger charge is -2.30. The Morgan fingerprint density at radius 3 is 2.56 bits per heavy atom. The molecule has 4 amide bonds. The van der Waals surface area contributed by atoms with Crippen LogP contribution >= 0.6 is 0 Å². The number of carbonyl (C=O) groups is 4. The molecule has 1 unspecified atom stereocenters. The van der Waals surface area contributed by atoms with Crippen LogP contribution in [0.5, 0.6) is 11.6 Å². The number of ether oxygens (including phenoxy) is 4. The quantitative estimate of drug-likeness (QED) is 0.333. The van der Waals surface area contributed by atoms with E-state index in [0.717, 1.165) is 5.39 Å². The summed E-state index contributed by atoms with van der Waals surface area (Å²) >= 11 is 0. The Hall–Kier alpha value is -4.64. The van der Waals surface area contributed by atoms with Crippen molar-refractivity contribution in [3.8, 4) is 11.6 Å². The third kappa shape index (κ3) is 8.83. The third-order valence-electron chi connectivity index (χ3n) is 9.88. The molecule has 1 aromatic heterocycles. The van der Waals surface area contributed by atoms with Gasteiger partial charge in [-0.1, -0.05) is 12.2 Å². The van der Waals surface area contributed by atoms with E-state index in [1.807, 2.05) is 43.3 Å². The number of sulfonamides is 1. The molecule has 6 rings (SSSR count). The number of carbonyl (C=O) groups excluding carboxylic acids is 4. The molecule has 1 saturated heterocycles. The number of nitrogens with zero attached hydrogens (tertiary/aromatic N) is 3. The maximum atomic E-state index is 14.5. The smallest absolute Gasteiger partial charge is 0.408 e. The summed E-state index contributed by atoms with van der Waals surface area (Å²) in [7, 11) is 1.35. The van der Waals surface area contributed by atoms with Gasteiger partial charge < -0.3 is 39.4 Å². The van der Waals surface area contributed by atoms with Crippen LogP contribution in [0.15, 0.2) is 36.4 Å². The van der Waals surface area contributed by atoms with Crippen molar-refractivity contribution in [1.29, 1.82) is 0 Å². The lowest BCUT2D eigenvalue weighted by molar-refractivity contribution is -0.141. The van der Waals surface area contributed by atoms with Crippen molar-refractivity contribution >= 4 is 50.4 Å². The van der Waals surface area contributed by atoms with Crippen molar-refractivity contribution < 1.29 is 46.5 Å². The van der Waals surface area contributed by atoms with Crippen LogP contribution in [0.3, 0.4) is 0 Å². The zero-order chi connectivity index (χ0) is 39.0. The second kappa shape index (κ2) is 15.2. The normalized spacial score (nSPS) is 26.4. The van der Waals surface area contributed by atoms with Gasteiger partial charge in [0.2, 0.25) is 27.7 Å². The summed E-state index contributed by atoms with van der Waals surface area (Å²) in [6.45, 7) is 5.47. The standard InChI is InChI=1S/C37H50N6O10S/c1-36(2,3)53-35(47)38-28-14-16-51-15-8-7-9-23-20-37(23,34(46)41-54(48,49)26-11-12-26)40-31(44)29-19-25(21-43(29)33(28)45)52-32-27-13-10-24(50-6)17-22(27)18-30(39-32)42(4)5/h7,9-10,13,17-18,23,25-26,28-29H,8,11-12,14-16,19-21H2,1-6H3,(H,38,47)(H,40,44)(H,41,46)/t23-,25?,28+,29+,37-/m1/s1. The van der Waals surface area contributed by atoms with Crippen molar-refractivity contribution in [1.82, 2.24) is 25.2 Å². The first kappa shape index (κ1) is 39.1. The Morgan fingerprint density at radius 2 is 1.87 bits per heavy atom. The molecule has 4 aliphatic rings. The predicted molar refractivity (Wildman–Crippen MR) is 199 cm³/mol. The zero-order valence-corrected chi connectivity index (χ0v) is 32.4. The molecule has 0 radical (unpaired) electrons. The molecule has 16 nitrogen and oxygen atoms in total. The number of anilines is 1. The van der Waals surface area contributed by atoms with Gasteiger partial charge in [-0.2, -0.15) is 4.98 Å². The molecule has 2 saturated carbocycles. The first-order valence-corrected chi connectivity index (χ1v) is 19.8. The molecule has 3 fully saturated rings. The van der Waals surface area contributed by atoms with Crippen LogP contribution in [0.1, 0.15) is 59.3 Å². The van der Waals surface area contributed by atoms with Gasteiger partial charge in [0, 0.05) is 44.8 Å². The highest BCUT2D eigenvalue weighted by atomic mass is 32.2. The summed E-state index contributed by atoms with van der Waals surface area (Å²) in [5.41, 5.74) is -2.39. The van der Waals surface area contributed by atoms with E-state index in [1.165, 1.54) is 4.90 Å². The molecule has 3 N–H and O–H groups in total. The van der Waals surface area contributed by atoms with E-state index in [-0.39, 0.29) is 38.3 Å². The van der Waals surface area contributed by atoms with Crippen molar-refractivity contribution in [3.05, 3.63) is 36.4 Å². The molecule has 0 spiro atoms. The highest BCUT2D eigenvalue weighted by Crippen LogP contribution is 2.46. The maximum Gasteiger partial charge on any atom is 0.408 e. The highest BCUT2D eigenvalue weighted by molar-refractivity contribution is 7.91. The van der Waals surface area contributed by atoms with Gasteiger partial charge in [0.05, 0.1) is 25.5 Å². The summed E-state index contributed by atoms with van der Waals surface area (Å²) in [6, 6.07) is 5.06. The minimum absolute atomic E-state index is 0.0112. The number of rotatable bonds is 8. The van der Waals surface area contributed by atoms with Gasteiger partial charge in [-0.3, -0.25) is 19.1 Å². The number of pyridine rings is 1. The monoisotopic (exact) mass is 770 g/mol. The van der Waals surface area contributed by atoms with Crippen LogP contribution in [-0.4, -0.2) is 118 Å². The van der Waals surface area contributed by atoms with Crippen LogP contribution in [0.2, 0.25) is 0 Å². The van der Waals surface area contributed by atoms with Gasteiger partial charge in [-0.15, -0.1) is 0 Å². The van der Waals surface area contributed by atoms with Gasteiger partial charge in [-0.05, 0) is 76.1 Å². The summed E-state index contributed by atoms with van der Waals surface area (Å²) in [6.07, 6.45) is 3.71. The Labute approximate surface area is 315 Å². The summed E-state index contributed by atoms with van der Waals surface area (Å²) < 4.78 is 51.1. The van der Waals surface area contributed by atoms with E-state index < -0.39 is 74.3 Å². The fraction of sp³-hybridized carbons (Fsp3) is 0.595. The molecule has 294 valence electrons. The Morgan fingerprint density at radius 1 is 1.11 bits per heavy atom. The summed E-state index contributed by atoms with van der Waals surface area (Å²) in [4.78, 5) is 63.4. The number of hydrogen-bond donors (Lipinski definition) is 3. The minimum Gasteiger partial charge on any atom is -0.497 e. The average molecular weight is 771 g/mol. The van der Waals surface area contributed by atoms with Gasteiger partial charge in [0.25, 0.3) is 5.91 Å². The molecule has 1 aromatic carbocycles. The van der Waals surface area contributed by atoms with Crippen LogP contribution in [0.25, 0.3) is 10.8 Å². The second-order valence-corrected chi connectivity index (χ2v) is 17.5. The van der Waals surface area contributed by atoms with Gasteiger partial charge in [-0.25, -0.2) is 13.2 Å². The van der Waals surface area contributed by atoms with Gasteiger partial charge in [0.15, 0.2) is 0 Å². The first-order valence-electron chi connectivity index (χ1n) is 18.2. The third-order valence-corrected chi connectivity index (χ3v) is 11.7. The zero-order valence-electron chi connectivity index (χ0n) is 31.5. The molecule has 54 heavy (non-hydrogen) atoms. The first-order chi connectivity index (χ1) is 25.5. The number of nitrogens with one attached hydrogen (secondary N) is 3. The van der Waals surface area contributed by atoms with E-state index in [9.17, 15) is 27.6 Å². The minimum atomic E-state index is -3.91. The average Bonchev–Trinajstić information content (AvgIpc) is 4.02.